The maximum Gasteiger partial charge on any atom is 0.340 e. The van der Waals surface area contributed by atoms with Crippen LogP contribution >= 0.6 is 0 Å². The molecule has 2 N–H and O–H groups in total. The van der Waals surface area contributed by atoms with Gasteiger partial charge in [-0.2, -0.15) is 0 Å². The molecule has 21 heavy (non-hydrogen) atoms. The SMILES string of the molecule is CCOC(=O)C1(C(=O)OCC)COC(=O)[C@@](O)(CC)[C@H]1O. The second-order valence-electron chi connectivity index (χ2n) is 4.67. The highest BCUT2D eigenvalue weighted by atomic mass is 16.6. The van der Waals surface area contributed by atoms with Crippen LogP contribution in [0, 0.1) is 5.41 Å². The maximum atomic E-state index is 12.2. The molecule has 1 aliphatic rings. The molecule has 0 amide bonds. The fraction of sp³-hybridized carbons (Fsp3) is 0.769. The van der Waals surface area contributed by atoms with Gasteiger partial charge in [-0.25, -0.2) is 4.79 Å². The van der Waals surface area contributed by atoms with Gasteiger partial charge < -0.3 is 24.4 Å². The molecule has 0 saturated carbocycles. The van der Waals surface area contributed by atoms with E-state index in [1.54, 1.807) is 0 Å². The number of ether oxygens (including phenoxy) is 3. The van der Waals surface area contributed by atoms with Crippen molar-refractivity contribution in [3.63, 3.8) is 0 Å². The monoisotopic (exact) mass is 304 g/mol. The van der Waals surface area contributed by atoms with Crippen LogP contribution in [0.2, 0.25) is 0 Å². The minimum atomic E-state index is -2.38. The number of rotatable bonds is 5. The fourth-order valence-electron chi connectivity index (χ4n) is 2.18. The standard InChI is InChI=1S/C13H20O8/c1-4-13(18)8(14)12(7-21-11(13)17,9(15)19-5-2)10(16)20-6-3/h8,14,18H,4-7H2,1-3H3/t8-,13+/m0/s1. The molecule has 0 aromatic carbocycles. The van der Waals surface area contributed by atoms with Gasteiger partial charge >= 0.3 is 17.9 Å². The summed E-state index contributed by atoms with van der Waals surface area (Å²) in [6, 6.07) is 0. The van der Waals surface area contributed by atoms with Crippen molar-refractivity contribution in [3.05, 3.63) is 0 Å². The summed E-state index contributed by atoms with van der Waals surface area (Å²) in [5, 5.41) is 20.6. The summed E-state index contributed by atoms with van der Waals surface area (Å²) in [5.74, 6) is -3.30. The van der Waals surface area contributed by atoms with Crippen molar-refractivity contribution in [1.82, 2.24) is 0 Å². The molecule has 0 radical (unpaired) electrons. The lowest BCUT2D eigenvalue weighted by Crippen LogP contribution is -2.69. The van der Waals surface area contributed by atoms with Crippen LogP contribution in [0.3, 0.4) is 0 Å². The van der Waals surface area contributed by atoms with E-state index in [0.717, 1.165) is 0 Å². The zero-order valence-corrected chi connectivity index (χ0v) is 12.2. The van der Waals surface area contributed by atoms with Crippen molar-refractivity contribution in [2.24, 2.45) is 5.41 Å². The summed E-state index contributed by atoms with van der Waals surface area (Å²) >= 11 is 0. The summed E-state index contributed by atoms with van der Waals surface area (Å²) < 4.78 is 14.3. The Hall–Kier alpha value is -1.67. The van der Waals surface area contributed by atoms with E-state index in [-0.39, 0.29) is 19.6 Å². The van der Waals surface area contributed by atoms with Crippen LogP contribution in [0.4, 0.5) is 0 Å². The summed E-state index contributed by atoms with van der Waals surface area (Å²) in [7, 11) is 0. The molecule has 120 valence electrons. The third-order valence-electron chi connectivity index (χ3n) is 3.52. The predicted octanol–water partition coefficient (Wildman–Crippen LogP) is -0.842. The Labute approximate surface area is 122 Å². The molecule has 1 heterocycles. The van der Waals surface area contributed by atoms with Gasteiger partial charge in [0.1, 0.15) is 12.7 Å². The van der Waals surface area contributed by atoms with Gasteiger partial charge in [0.25, 0.3) is 0 Å². The largest absolute Gasteiger partial charge is 0.465 e. The molecule has 2 atom stereocenters. The van der Waals surface area contributed by atoms with E-state index in [1.165, 1.54) is 20.8 Å². The lowest BCUT2D eigenvalue weighted by molar-refractivity contribution is -0.232. The number of carbonyl (C=O) groups excluding carboxylic acids is 3. The number of hydrogen-bond acceptors (Lipinski definition) is 8. The molecule has 0 aromatic rings. The molecule has 0 unspecified atom stereocenters. The van der Waals surface area contributed by atoms with Crippen LogP contribution in [0.15, 0.2) is 0 Å². The van der Waals surface area contributed by atoms with Gasteiger partial charge in [0.15, 0.2) is 5.60 Å². The minimum Gasteiger partial charge on any atom is -0.465 e. The summed E-state index contributed by atoms with van der Waals surface area (Å²) in [6.45, 7) is 3.61. The van der Waals surface area contributed by atoms with Crippen molar-refractivity contribution in [1.29, 1.82) is 0 Å². The van der Waals surface area contributed by atoms with Gasteiger partial charge in [-0.15, -0.1) is 0 Å². The highest BCUT2D eigenvalue weighted by molar-refractivity contribution is 6.03. The van der Waals surface area contributed by atoms with Crippen LogP contribution in [0.5, 0.6) is 0 Å². The first-order chi connectivity index (χ1) is 9.81. The van der Waals surface area contributed by atoms with E-state index < -0.39 is 41.6 Å². The van der Waals surface area contributed by atoms with Gasteiger partial charge in [-0.3, -0.25) is 9.59 Å². The number of esters is 3. The number of hydrogen-bond donors (Lipinski definition) is 2. The Balaban J connectivity index is 3.33. The van der Waals surface area contributed by atoms with Gasteiger partial charge in [0, 0.05) is 0 Å². The summed E-state index contributed by atoms with van der Waals surface area (Å²) in [6.07, 6.45) is -2.26. The molecule has 0 spiro atoms. The fourth-order valence-corrected chi connectivity index (χ4v) is 2.18. The number of aliphatic hydroxyl groups is 2. The van der Waals surface area contributed by atoms with Crippen molar-refractivity contribution < 1.29 is 38.8 Å². The van der Waals surface area contributed by atoms with Crippen LogP contribution in [0.25, 0.3) is 0 Å². The molecule has 1 saturated heterocycles. The molecule has 8 heteroatoms. The van der Waals surface area contributed by atoms with Crippen LogP contribution in [0.1, 0.15) is 27.2 Å². The molecular formula is C13H20O8. The van der Waals surface area contributed by atoms with Crippen molar-refractivity contribution in [2.45, 2.75) is 38.9 Å². The predicted molar refractivity (Wildman–Crippen MR) is 67.9 cm³/mol. The van der Waals surface area contributed by atoms with Gasteiger partial charge in [0.05, 0.1) is 13.2 Å². The number of cyclic esters (lactones) is 1. The normalized spacial score (nSPS) is 27.7. The van der Waals surface area contributed by atoms with E-state index in [4.69, 9.17) is 14.2 Å². The molecule has 1 fully saturated rings. The Morgan fingerprint density at radius 1 is 1.24 bits per heavy atom. The Kier molecular flexibility index (Phi) is 5.30. The van der Waals surface area contributed by atoms with Crippen LogP contribution in [-0.4, -0.2) is 59.6 Å². The lowest BCUT2D eigenvalue weighted by atomic mass is 9.71. The van der Waals surface area contributed by atoms with E-state index >= 15 is 0 Å². The lowest BCUT2D eigenvalue weighted by Gasteiger charge is -2.43. The molecular weight excluding hydrogens is 284 g/mol. The zero-order chi connectivity index (χ0) is 16.3. The topological polar surface area (TPSA) is 119 Å². The second-order valence-corrected chi connectivity index (χ2v) is 4.67. The minimum absolute atomic E-state index is 0.0504. The first-order valence-corrected chi connectivity index (χ1v) is 6.73. The average molecular weight is 304 g/mol. The Bertz CT molecular complexity index is 414. The summed E-state index contributed by atoms with van der Waals surface area (Å²) in [4.78, 5) is 36.0. The smallest absolute Gasteiger partial charge is 0.340 e. The maximum absolute atomic E-state index is 12.2. The van der Waals surface area contributed by atoms with Gasteiger partial charge in [-0.05, 0) is 20.3 Å². The Morgan fingerprint density at radius 2 is 1.71 bits per heavy atom. The van der Waals surface area contributed by atoms with Gasteiger partial charge in [0.2, 0.25) is 5.41 Å². The van der Waals surface area contributed by atoms with Crippen molar-refractivity contribution in [3.8, 4) is 0 Å². The molecule has 1 aliphatic heterocycles. The van der Waals surface area contributed by atoms with Crippen LogP contribution < -0.4 is 0 Å². The zero-order valence-electron chi connectivity index (χ0n) is 12.2. The molecule has 0 aromatic heterocycles. The molecule has 0 bridgehead atoms. The van der Waals surface area contributed by atoms with Crippen LogP contribution in [-0.2, 0) is 28.6 Å². The van der Waals surface area contributed by atoms with Crippen molar-refractivity contribution >= 4 is 17.9 Å². The summed E-state index contributed by atoms with van der Waals surface area (Å²) in [5.41, 5.74) is -4.66. The molecule has 0 aliphatic carbocycles. The number of aliphatic hydroxyl groups excluding tert-OH is 1. The molecule has 8 nitrogen and oxygen atoms in total. The van der Waals surface area contributed by atoms with E-state index in [1.807, 2.05) is 0 Å². The highest BCUT2D eigenvalue weighted by Gasteiger charge is 2.67. The highest BCUT2D eigenvalue weighted by Crippen LogP contribution is 2.39. The van der Waals surface area contributed by atoms with E-state index in [9.17, 15) is 24.6 Å². The number of carbonyl (C=O) groups is 3. The third-order valence-corrected chi connectivity index (χ3v) is 3.52. The first-order valence-electron chi connectivity index (χ1n) is 6.73. The van der Waals surface area contributed by atoms with Gasteiger partial charge in [-0.1, -0.05) is 6.92 Å². The van der Waals surface area contributed by atoms with E-state index in [0.29, 0.717) is 0 Å². The first kappa shape index (κ1) is 17.4. The Morgan fingerprint density at radius 3 is 2.10 bits per heavy atom. The van der Waals surface area contributed by atoms with E-state index in [2.05, 4.69) is 0 Å². The quantitative estimate of drug-likeness (QED) is 0.383. The third kappa shape index (κ3) is 2.60. The average Bonchev–Trinajstić information content (AvgIpc) is 2.45. The molecule has 1 rings (SSSR count). The van der Waals surface area contributed by atoms with Crippen molar-refractivity contribution in [2.75, 3.05) is 19.8 Å². The second kappa shape index (κ2) is 6.40.